The zero-order valence-corrected chi connectivity index (χ0v) is 13.2. The highest BCUT2D eigenvalue weighted by Crippen LogP contribution is 2.24. The van der Waals surface area contributed by atoms with Crippen LogP contribution in [0.15, 0.2) is 18.2 Å². The Morgan fingerprint density at radius 3 is 2.52 bits per heavy atom. The van der Waals surface area contributed by atoms with Crippen molar-refractivity contribution in [1.29, 1.82) is 0 Å². The third-order valence-corrected chi connectivity index (χ3v) is 4.46. The van der Waals surface area contributed by atoms with Gasteiger partial charge < -0.3 is 5.32 Å². The van der Waals surface area contributed by atoms with Crippen LogP contribution in [0.4, 0.5) is 4.79 Å². The van der Waals surface area contributed by atoms with Crippen molar-refractivity contribution in [1.82, 2.24) is 10.2 Å². The minimum atomic E-state index is -0.275. The smallest absolute Gasteiger partial charge is 0.288 e. The van der Waals surface area contributed by atoms with Crippen LogP contribution >= 0.6 is 35.0 Å². The highest BCUT2D eigenvalue weighted by molar-refractivity contribution is 8.14. The molecule has 1 aliphatic heterocycles. The molecule has 0 atom stereocenters. The van der Waals surface area contributed by atoms with Gasteiger partial charge in [0.2, 0.25) is 11.8 Å². The quantitative estimate of drug-likeness (QED) is 0.888. The van der Waals surface area contributed by atoms with Gasteiger partial charge in [0.05, 0.1) is 12.2 Å². The highest BCUT2D eigenvalue weighted by Gasteiger charge is 2.29. The molecular weight excluding hydrogens is 335 g/mol. The molecule has 1 saturated heterocycles. The fourth-order valence-corrected chi connectivity index (χ4v) is 3.11. The molecular formula is C13H12Cl2N2O3S. The molecule has 0 spiro atoms. The second kappa shape index (κ2) is 7.15. The van der Waals surface area contributed by atoms with Gasteiger partial charge in [0.25, 0.3) is 5.24 Å². The molecule has 21 heavy (non-hydrogen) atoms. The average molecular weight is 347 g/mol. The number of carbonyl (C=O) groups is 3. The standard InChI is InChI=1S/C13H12Cl2N2O3S/c14-9-2-1-3-10(15)8(9)6-11(18)16-4-5-17-12(19)7-21-13(17)20/h1-3H,4-7H2,(H,16,18). The summed E-state index contributed by atoms with van der Waals surface area (Å²) in [6.45, 7) is 0.381. The van der Waals surface area contributed by atoms with E-state index in [0.717, 1.165) is 16.7 Å². The topological polar surface area (TPSA) is 66.5 Å². The molecule has 1 aromatic rings. The van der Waals surface area contributed by atoms with E-state index >= 15 is 0 Å². The van der Waals surface area contributed by atoms with Gasteiger partial charge in [-0.1, -0.05) is 41.0 Å². The van der Waals surface area contributed by atoms with E-state index in [2.05, 4.69) is 5.32 Å². The van der Waals surface area contributed by atoms with Crippen LogP contribution in [-0.2, 0) is 16.0 Å². The second-order valence-corrected chi connectivity index (χ2v) is 6.07. The number of benzene rings is 1. The summed E-state index contributed by atoms with van der Waals surface area (Å²) in [5.41, 5.74) is 0.558. The maximum atomic E-state index is 11.8. The summed E-state index contributed by atoms with van der Waals surface area (Å²) in [6.07, 6.45) is 0.0507. The van der Waals surface area contributed by atoms with Gasteiger partial charge in [-0.25, -0.2) is 0 Å². The molecule has 8 heteroatoms. The average Bonchev–Trinajstić information content (AvgIpc) is 2.75. The number of hydrogen-bond acceptors (Lipinski definition) is 4. The molecule has 5 nitrogen and oxygen atoms in total. The Hall–Kier alpha value is -1.24. The molecule has 1 N–H and O–H groups in total. The molecule has 0 unspecified atom stereocenters. The van der Waals surface area contributed by atoms with Crippen molar-refractivity contribution in [2.24, 2.45) is 0 Å². The van der Waals surface area contributed by atoms with Crippen molar-refractivity contribution in [3.8, 4) is 0 Å². The molecule has 0 saturated carbocycles. The van der Waals surface area contributed by atoms with Crippen molar-refractivity contribution in [2.75, 3.05) is 18.8 Å². The summed E-state index contributed by atoms with van der Waals surface area (Å²) in [7, 11) is 0. The second-order valence-electron chi connectivity index (χ2n) is 4.33. The summed E-state index contributed by atoms with van der Waals surface area (Å²) in [6, 6.07) is 5.03. The monoisotopic (exact) mass is 346 g/mol. The van der Waals surface area contributed by atoms with E-state index in [0.29, 0.717) is 15.6 Å². The van der Waals surface area contributed by atoms with Gasteiger partial charge in [-0.05, 0) is 17.7 Å². The lowest BCUT2D eigenvalue weighted by molar-refractivity contribution is -0.125. The Balaban J connectivity index is 1.83. The van der Waals surface area contributed by atoms with Gasteiger partial charge in [0.1, 0.15) is 0 Å². The van der Waals surface area contributed by atoms with Crippen molar-refractivity contribution >= 4 is 52.0 Å². The summed E-state index contributed by atoms with van der Waals surface area (Å²) in [5.74, 6) is -0.327. The predicted molar refractivity (Wildman–Crippen MR) is 82.7 cm³/mol. The van der Waals surface area contributed by atoms with Crippen molar-refractivity contribution in [3.63, 3.8) is 0 Å². The van der Waals surface area contributed by atoms with E-state index in [1.165, 1.54) is 0 Å². The van der Waals surface area contributed by atoms with Crippen LogP contribution < -0.4 is 5.32 Å². The zero-order valence-electron chi connectivity index (χ0n) is 10.9. The zero-order chi connectivity index (χ0) is 15.4. The number of nitrogens with one attached hydrogen (secondary N) is 1. The van der Waals surface area contributed by atoms with Crippen LogP contribution in [0, 0.1) is 0 Å². The number of hydrogen-bond donors (Lipinski definition) is 1. The first-order valence-electron chi connectivity index (χ1n) is 6.15. The third-order valence-electron chi connectivity index (χ3n) is 2.90. The highest BCUT2D eigenvalue weighted by atomic mass is 35.5. The minimum Gasteiger partial charge on any atom is -0.354 e. The van der Waals surface area contributed by atoms with Gasteiger partial charge in [0, 0.05) is 23.1 Å². The molecule has 0 aliphatic carbocycles. The maximum absolute atomic E-state index is 11.8. The molecule has 0 aromatic heterocycles. The molecule has 1 heterocycles. The Morgan fingerprint density at radius 1 is 1.29 bits per heavy atom. The first-order chi connectivity index (χ1) is 9.99. The number of nitrogens with zero attached hydrogens (tertiary/aromatic N) is 1. The molecule has 1 aromatic carbocycles. The molecule has 0 radical (unpaired) electrons. The van der Waals surface area contributed by atoms with E-state index in [4.69, 9.17) is 23.2 Å². The number of rotatable bonds is 5. The van der Waals surface area contributed by atoms with Crippen LogP contribution in [0.25, 0.3) is 0 Å². The maximum Gasteiger partial charge on any atom is 0.288 e. The largest absolute Gasteiger partial charge is 0.354 e. The van der Waals surface area contributed by atoms with Crippen molar-refractivity contribution in [3.05, 3.63) is 33.8 Å². The summed E-state index contributed by atoms with van der Waals surface area (Å²) < 4.78 is 0. The van der Waals surface area contributed by atoms with E-state index in [9.17, 15) is 14.4 Å². The Kier molecular flexibility index (Phi) is 5.50. The van der Waals surface area contributed by atoms with Crippen LogP contribution in [0.2, 0.25) is 10.0 Å². The van der Waals surface area contributed by atoms with E-state index < -0.39 is 0 Å². The first kappa shape index (κ1) is 16.1. The van der Waals surface area contributed by atoms with Crippen molar-refractivity contribution < 1.29 is 14.4 Å². The van der Waals surface area contributed by atoms with Gasteiger partial charge >= 0.3 is 0 Å². The molecule has 3 amide bonds. The van der Waals surface area contributed by atoms with Gasteiger partial charge in [-0.15, -0.1) is 0 Å². The lowest BCUT2D eigenvalue weighted by Crippen LogP contribution is -2.38. The SMILES string of the molecule is O=C(Cc1c(Cl)cccc1Cl)NCCN1C(=O)CSC1=O. The summed E-state index contributed by atoms with van der Waals surface area (Å²) >= 11 is 12.9. The number of imide groups is 1. The van der Waals surface area contributed by atoms with Crippen molar-refractivity contribution in [2.45, 2.75) is 6.42 Å². The molecule has 1 aliphatic rings. The van der Waals surface area contributed by atoms with Crippen LogP contribution in [0.5, 0.6) is 0 Å². The van der Waals surface area contributed by atoms with E-state index in [1.54, 1.807) is 18.2 Å². The molecule has 0 bridgehead atoms. The number of halogens is 2. The lowest BCUT2D eigenvalue weighted by atomic mass is 10.1. The van der Waals surface area contributed by atoms with Crippen LogP contribution in [-0.4, -0.2) is 40.8 Å². The van der Waals surface area contributed by atoms with E-state index in [1.807, 2.05) is 0 Å². The fourth-order valence-electron chi connectivity index (χ4n) is 1.83. The van der Waals surface area contributed by atoms with Crippen LogP contribution in [0.3, 0.4) is 0 Å². The summed E-state index contributed by atoms with van der Waals surface area (Å²) in [5, 5.41) is 3.23. The first-order valence-corrected chi connectivity index (χ1v) is 7.90. The Morgan fingerprint density at radius 2 is 1.95 bits per heavy atom. The predicted octanol–water partition coefficient (Wildman–Crippen LogP) is 2.35. The number of thioether (sulfide) groups is 1. The van der Waals surface area contributed by atoms with Crippen LogP contribution in [0.1, 0.15) is 5.56 Å². The number of carbonyl (C=O) groups excluding carboxylic acids is 3. The van der Waals surface area contributed by atoms with E-state index in [-0.39, 0.29) is 42.3 Å². The minimum absolute atomic E-state index is 0.0507. The summed E-state index contributed by atoms with van der Waals surface area (Å²) in [4.78, 5) is 35.7. The Bertz CT molecular complexity index is 559. The lowest BCUT2D eigenvalue weighted by Gasteiger charge is -2.13. The molecule has 2 rings (SSSR count). The van der Waals surface area contributed by atoms with Gasteiger partial charge in [-0.2, -0.15) is 0 Å². The third kappa shape index (κ3) is 4.12. The normalized spacial score (nSPS) is 14.7. The molecule has 1 fully saturated rings. The van der Waals surface area contributed by atoms with Gasteiger partial charge in [-0.3, -0.25) is 19.3 Å². The Labute approximate surface area is 136 Å². The fraction of sp³-hybridized carbons (Fsp3) is 0.308. The number of amides is 3. The molecule has 112 valence electrons. The van der Waals surface area contributed by atoms with Gasteiger partial charge in [0.15, 0.2) is 0 Å².